The number of hydrogen-bond acceptors (Lipinski definition) is 7. The van der Waals surface area contributed by atoms with Crippen LogP contribution in [0.5, 0.6) is 11.5 Å². The Morgan fingerprint density at radius 2 is 2.02 bits per heavy atom. The molecule has 2 aromatic heterocycles. The van der Waals surface area contributed by atoms with Crippen molar-refractivity contribution in [2.45, 2.75) is 31.8 Å². The number of aromatic nitrogens is 2. The van der Waals surface area contributed by atoms with Crippen LogP contribution in [0.3, 0.4) is 0 Å². The van der Waals surface area contributed by atoms with Crippen LogP contribution in [0.15, 0.2) is 48.7 Å². The van der Waals surface area contributed by atoms with Crippen molar-refractivity contribution in [1.29, 1.82) is 0 Å². The van der Waals surface area contributed by atoms with E-state index < -0.39 is 28.6 Å². The Bertz CT molecular complexity index is 1730. The van der Waals surface area contributed by atoms with Crippen molar-refractivity contribution in [2.24, 2.45) is 5.73 Å². The summed E-state index contributed by atoms with van der Waals surface area (Å²) in [6.07, 6.45) is 1.71. The fraction of sp³-hybridized carbons (Fsp3) is 0.267. The van der Waals surface area contributed by atoms with Gasteiger partial charge in [-0.1, -0.05) is 17.7 Å². The van der Waals surface area contributed by atoms with Gasteiger partial charge in [0.2, 0.25) is 5.91 Å². The third-order valence-electron chi connectivity index (χ3n) is 7.32. The van der Waals surface area contributed by atoms with Crippen LogP contribution in [0.4, 0.5) is 4.39 Å². The Morgan fingerprint density at radius 1 is 1.27 bits per heavy atom. The molecule has 2 amide bonds. The predicted molar refractivity (Wildman–Crippen MR) is 152 cm³/mol. The minimum absolute atomic E-state index is 0.0527. The van der Waals surface area contributed by atoms with Gasteiger partial charge in [-0.3, -0.25) is 14.6 Å². The summed E-state index contributed by atoms with van der Waals surface area (Å²) >= 11 is 5.88. The Labute approximate surface area is 240 Å². The molecule has 0 saturated heterocycles. The number of fused-ring (bicyclic) bond motifs is 2. The van der Waals surface area contributed by atoms with Crippen LogP contribution in [-0.2, 0) is 15.8 Å². The van der Waals surface area contributed by atoms with Gasteiger partial charge in [0.15, 0.2) is 0 Å². The van der Waals surface area contributed by atoms with Crippen LogP contribution in [-0.4, -0.2) is 47.2 Å². The molecule has 11 heteroatoms. The summed E-state index contributed by atoms with van der Waals surface area (Å²) in [5, 5.41) is 14.9. The second-order valence-corrected chi connectivity index (χ2v) is 11.0. The molecule has 0 aliphatic carbocycles. The SMILES string of the molecule is COc1cc(C(=O)NC[C@](C)(O)c2cc3c(c(-c4ccc(Cl)c(F)c4)n2)OC[C@]3(C)C(N)=O)cc2cc(C)cnc12. The zero-order valence-electron chi connectivity index (χ0n) is 22.8. The van der Waals surface area contributed by atoms with Crippen LogP contribution in [0, 0.1) is 12.7 Å². The van der Waals surface area contributed by atoms with Gasteiger partial charge >= 0.3 is 0 Å². The largest absolute Gasteiger partial charge is 0.494 e. The van der Waals surface area contributed by atoms with E-state index in [0.717, 1.165) is 10.9 Å². The first-order valence-electron chi connectivity index (χ1n) is 12.7. The third-order valence-corrected chi connectivity index (χ3v) is 7.63. The second-order valence-electron chi connectivity index (χ2n) is 10.6. The second kappa shape index (κ2) is 10.3. The molecular weight excluding hydrogens is 551 g/mol. The average molecular weight is 579 g/mol. The van der Waals surface area contributed by atoms with E-state index in [4.69, 9.17) is 26.8 Å². The molecule has 0 unspecified atom stereocenters. The molecule has 3 heterocycles. The molecule has 1 aliphatic heterocycles. The lowest BCUT2D eigenvalue weighted by atomic mass is 9.82. The number of carbonyl (C=O) groups is 2. The number of nitrogens with two attached hydrogens (primary N) is 1. The molecule has 2 aromatic carbocycles. The lowest BCUT2D eigenvalue weighted by molar-refractivity contribution is -0.123. The fourth-order valence-electron chi connectivity index (χ4n) is 4.76. The number of primary amides is 1. The average Bonchev–Trinajstić information content (AvgIpc) is 3.29. The fourth-order valence-corrected chi connectivity index (χ4v) is 4.88. The van der Waals surface area contributed by atoms with E-state index in [-0.39, 0.29) is 35.3 Å². The molecular formula is C30H28ClFN4O5. The maximum absolute atomic E-state index is 14.4. The number of hydrogen-bond donors (Lipinski definition) is 3. The minimum Gasteiger partial charge on any atom is -0.494 e. The molecule has 4 aromatic rings. The Hall–Kier alpha value is -4.28. The molecule has 1 aliphatic rings. The van der Waals surface area contributed by atoms with Crippen molar-refractivity contribution in [1.82, 2.24) is 15.3 Å². The van der Waals surface area contributed by atoms with Gasteiger partial charge in [-0.2, -0.15) is 0 Å². The molecule has 4 N–H and O–H groups in total. The quantitative estimate of drug-likeness (QED) is 0.299. The smallest absolute Gasteiger partial charge is 0.251 e. The molecule has 5 rings (SSSR count). The number of halogens is 2. The summed E-state index contributed by atoms with van der Waals surface area (Å²) in [6.45, 7) is 4.69. The highest BCUT2D eigenvalue weighted by Crippen LogP contribution is 2.45. The zero-order valence-corrected chi connectivity index (χ0v) is 23.6. The van der Waals surface area contributed by atoms with Crippen molar-refractivity contribution < 1.29 is 28.6 Å². The van der Waals surface area contributed by atoms with Crippen molar-refractivity contribution in [2.75, 3.05) is 20.3 Å². The summed E-state index contributed by atoms with van der Waals surface area (Å²) in [6, 6.07) is 10.8. The number of pyridine rings is 2. The Morgan fingerprint density at radius 3 is 2.71 bits per heavy atom. The van der Waals surface area contributed by atoms with Crippen molar-refractivity contribution in [3.8, 4) is 22.8 Å². The number of carbonyl (C=O) groups excluding carboxylic acids is 2. The van der Waals surface area contributed by atoms with E-state index in [1.807, 2.05) is 13.0 Å². The normalized spacial score (nSPS) is 17.4. The molecule has 9 nitrogen and oxygen atoms in total. The van der Waals surface area contributed by atoms with E-state index in [2.05, 4.69) is 15.3 Å². The lowest BCUT2D eigenvalue weighted by Gasteiger charge is -2.26. The highest BCUT2D eigenvalue weighted by atomic mass is 35.5. The number of nitrogens with one attached hydrogen (secondary N) is 1. The first-order chi connectivity index (χ1) is 19.3. The van der Waals surface area contributed by atoms with E-state index >= 15 is 0 Å². The summed E-state index contributed by atoms with van der Waals surface area (Å²) in [5.74, 6) is -1.08. The first-order valence-corrected chi connectivity index (χ1v) is 13.1. The highest BCUT2D eigenvalue weighted by molar-refractivity contribution is 6.30. The van der Waals surface area contributed by atoms with E-state index in [9.17, 15) is 19.1 Å². The number of ether oxygens (including phenoxy) is 2. The highest BCUT2D eigenvalue weighted by Gasteiger charge is 2.45. The lowest BCUT2D eigenvalue weighted by Crippen LogP contribution is -2.41. The zero-order chi connectivity index (χ0) is 29.7. The molecule has 0 bridgehead atoms. The number of methoxy groups -OCH3 is 1. The maximum Gasteiger partial charge on any atom is 0.251 e. The number of nitrogens with zero attached hydrogens (tertiary/aromatic N) is 2. The van der Waals surface area contributed by atoms with Crippen LogP contribution < -0.4 is 20.5 Å². The van der Waals surface area contributed by atoms with E-state index in [0.29, 0.717) is 28.0 Å². The van der Waals surface area contributed by atoms with Gasteiger partial charge in [0.1, 0.15) is 46.1 Å². The maximum atomic E-state index is 14.4. The number of rotatable bonds is 7. The predicted octanol–water partition coefficient (Wildman–Crippen LogP) is 4.18. The summed E-state index contributed by atoms with van der Waals surface area (Å²) in [5.41, 5.74) is 5.68. The third kappa shape index (κ3) is 5.05. The van der Waals surface area contributed by atoms with Crippen LogP contribution >= 0.6 is 11.6 Å². The number of amides is 2. The van der Waals surface area contributed by atoms with Gasteiger partial charge < -0.3 is 25.6 Å². The van der Waals surface area contributed by atoms with E-state index in [1.165, 1.54) is 32.2 Å². The standard InChI is InChI=1S/C30H28ClFN4O5/c1-15-7-17-8-18(10-22(40-4)24(17)34-12-15)27(37)35-13-30(3,39)23-11-19-26(41-14-29(19,2)28(33)38)25(36-23)16-5-6-20(31)21(32)9-16/h5-12,39H,13-14H2,1-4H3,(H2,33,38)(H,35,37)/t29-,30-/m0/s1. The van der Waals surface area contributed by atoms with Gasteiger partial charge in [0.25, 0.3) is 5.91 Å². The molecule has 0 radical (unpaired) electrons. The molecule has 0 spiro atoms. The number of aliphatic hydroxyl groups is 1. The molecule has 0 saturated carbocycles. The number of benzene rings is 2. The summed E-state index contributed by atoms with van der Waals surface area (Å²) < 4.78 is 25.7. The Balaban J connectivity index is 1.51. The number of aryl methyl sites for hydroxylation is 1. The van der Waals surface area contributed by atoms with Crippen molar-refractivity contribution in [3.05, 3.63) is 81.9 Å². The summed E-state index contributed by atoms with van der Waals surface area (Å²) in [4.78, 5) is 34.6. The van der Waals surface area contributed by atoms with Gasteiger partial charge in [0, 0.05) is 28.3 Å². The van der Waals surface area contributed by atoms with Gasteiger partial charge in [-0.25, -0.2) is 9.37 Å². The first kappa shape index (κ1) is 28.3. The van der Waals surface area contributed by atoms with Gasteiger partial charge in [-0.05, 0) is 62.7 Å². The Kier molecular flexibility index (Phi) is 7.08. The van der Waals surface area contributed by atoms with Gasteiger partial charge in [-0.15, -0.1) is 0 Å². The van der Waals surface area contributed by atoms with Crippen molar-refractivity contribution >= 4 is 34.3 Å². The minimum atomic E-state index is -1.72. The molecule has 41 heavy (non-hydrogen) atoms. The van der Waals surface area contributed by atoms with E-state index in [1.54, 1.807) is 31.3 Å². The van der Waals surface area contributed by atoms with Gasteiger partial charge in [0.05, 0.1) is 24.4 Å². The van der Waals surface area contributed by atoms with Crippen LogP contribution in [0.1, 0.15) is 41.0 Å². The molecule has 212 valence electrons. The topological polar surface area (TPSA) is 137 Å². The summed E-state index contributed by atoms with van der Waals surface area (Å²) in [7, 11) is 1.50. The molecule has 0 fully saturated rings. The monoisotopic (exact) mass is 578 g/mol. The van der Waals surface area contributed by atoms with Crippen LogP contribution in [0.25, 0.3) is 22.2 Å². The van der Waals surface area contributed by atoms with Crippen LogP contribution in [0.2, 0.25) is 5.02 Å². The van der Waals surface area contributed by atoms with Crippen molar-refractivity contribution in [3.63, 3.8) is 0 Å². The molecule has 2 atom stereocenters.